The first kappa shape index (κ1) is 24.0. The fourth-order valence-corrected chi connectivity index (χ4v) is 4.21. The van der Waals surface area contributed by atoms with Crippen LogP contribution >= 0.6 is 11.6 Å². The zero-order chi connectivity index (χ0) is 24.1. The van der Waals surface area contributed by atoms with Crippen LogP contribution in [0.2, 0.25) is 5.02 Å². The molecule has 9 nitrogen and oxygen atoms in total. The number of nitrogens with zero attached hydrogens (tertiary/aromatic N) is 6. The number of carbonyl (C=O) groups is 1. The minimum atomic E-state index is -0.481. The van der Waals surface area contributed by atoms with E-state index in [1.807, 2.05) is 42.2 Å². The number of methoxy groups -OCH3 is 2. The monoisotopic (exact) mass is 484 g/mol. The van der Waals surface area contributed by atoms with Crippen LogP contribution in [-0.2, 0) is 11.3 Å². The predicted octanol–water partition coefficient (Wildman–Crippen LogP) is 3.31. The van der Waals surface area contributed by atoms with Crippen molar-refractivity contribution in [3.05, 3.63) is 53.1 Å². The summed E-state index contributed by atoms with van der Waals surface area (Å²) in [6, 6.07) is 12.7. The number of rotatable bonds is 8. The SMILES string of the molecule is CCC(C(=O)N1CCN(Cc2ccc(OC)c(OC)c2)CC1)n1nnc(-c2ccc(Cl)cc2)n1. The summed E-state index contributed by atoms with van der Waals surface area (Å²) in [6.45, 7) is 5.63. The summed E-state index contributed by atoms with van der Waals surface area (Å²) in [4.78, 5) is 18.9. The van der Waals surface area contributed by atoms with E-state index in [9.17, 15) is 4.79 Å². The van der Waals surface area contributed by atoms with Crippen molar-refractivity contribution in [1.82, 2.24) is 30.0 Å². The van der Waals surface area contributed by atoms with E-state index < -0.39 is 6.04 Å². The highest BCUT2D eigenvalue weighted by Crippen LogP contribution is 2.28. The van der Waals surface area contributed by atoms with Gasteiger partial charge in [-0.05, 0) is 53.6 Å². The van der Waals surface area contributed by atoms with Crippen molar-refractivity contribution in [2.75, 3.05) is 40.4 Å². The van der Waals surface area contributed by atoms with E-state index in [1.54, 1.807) is 26.4 Å². The molecule has 1 atom stereocenters. The highest BCUT2D eigenvalue weighted by molar-refractivity contribution is 6.30. The molecular formula is C24H29ClN6O3. The fraction of sp³-hybridized carbons (Fsp3) is 0.417. The van der Waals surface area contributed by atoms with Crippen molar-refractivity contribution in [3.63, 3.8) is 0 Å². The van der Waals surface area contributed by atoms with Crippen molar-refractivity contribution >= 4 is 17.5 Å². The largest absolute Gasteiger partial charge is 0.493 e. The second-order valence-electron chi connectivity index (χ2n) is 8.16. The molecule has 0 N–H and O–H groups in total. The summed E-state index contributed by atoms with van der Waals surface area (Å²) in [5.74, 6) is 1.93. The maximum Gasteiger partial charge on any atom is 0.249 e. The van der Waals surface area contributed by atoms with E-state index in [0.29, 0.717) is 36.1 Å². The standard InChI is InChI=1S/C24H29ClN6O3/c1-4-20(31-27-23(26-28-31)18-6-8-19(25)9-7-18)24(32)30-13-11-29(12-14-30)16-17-5-10-21(33-2)22(15-17)34-3/h5-10,15,20H,4,11-14,16H2,1-3H3. The molecule has 4 rings (SSSR count). The molecule has 10 heteroatoms. The molecule has 2 aromatic carbocycles. The zero-order valence-electron chi connectivity index (χ0n) is 19.6. The summed E-state index contributed by atoms with van der Waals surface area (Å²) in [7, 11) is 3.27. The number of aromatic nitrogens is 4. The first-order valence-electron chi connectivity index (χ1n) is 11.3. The number of benzene rings is 2. The summed E-state index contributed by atoms with van der Waals surface area (Å²) < 4.78 is 10.7. The third kappa shape index (κ3) is 5.31. The van der Waals surface area contributed by atoms with Gasteiger partial charge >= 0.3 is 0 Å². The van der Waals surface area contributed by atoms with Gasteiger partial charge in [0.05, 0.1) is 14.2 Å². The molecule has 0 aliphatic carbocycles. The number of piperazine rings is 1. The number of halogens is 1. The van der Waals surface area contributed by atoms with E-state index >= 15 is 0 Å². The van der Waals surface area contributed by atoms with Gasteiger partial charge in [0, 0.05) is 43.3 Å². The molecule has 180 valence electrons. The van der Waals surface area contributed by atoms with Crippen molar-refractivity contribution in [2.24, 2.45) is 0 Å². The normalized spacial score (nSPS) is 15.2. The van der Waals surface area contributed by atoms with Crippen LogP contribution in [0.25, 0.3) is 11.4 Å². The van der Waals surface area contributed by atoms with Gasteiger partial charge in [0.2, 0.25) is 11.7 Å². The Morgan fingerprint density at radius 1 is 1.03 bits per heavy atom. The molecule has 0 saturated carbocycles. The first-order valence-corrected chi connectivity index (χ1v) is 11.7. The Hall–Kier alpha value is -3.17. The number of hydrogen-bond donors (Lipinski definition) is 0. The van der Waals surface area contributed by atoms with Crippen molar-refractivity contribution in [3.8, 4) is 22.9 Å². The molecule has 3 aromatic rings. The third-order valence-electron chi connectivity index (χ3n) is 6.02. The predicted molar refractivity (Wildman–Crippen MR) is 129 cm³/mol. The molecule has 0 radical (unpaired) electrons. The van der Waals surface area contributed by atoms with Crippen LogP contribution < -0.4 is 9.47 Å². The van der Waals surface area contributed by atoms with E-state index in [0.717, 1.165) is 36.5 Å². The van der Waals surface area contributed by atoms with E-state index in [2.05, 4.69) is 20.3 Å². The van der Waals surface area contributed by atoms with E-state index in [-0.39, 0.29) is 5.91 Å². The molecule has 2 heterocycles. The highest BCUT2D eigenvalue weighted by atomic mass is 35.5. The Kier molecular flexibility index (Phi) is 7.64. The second-order valence-corrected chi connectivity index (χ2v) is 8.59. The lowest BCUT2D eigenvalue weighted by atomic mass is 10.1. The Morgan fingerprint density at radius 3 is 2.38 bits per heavy atom. The van der Waals surface area contributed by atoms with Crippen LogP contribution in [0.1, 0.15) is 24.9 Å². The number of amides is 1. The van der Waals surface area contributed by atoms with Crippen LogP contribution in [-0.4, -0.2) is 76.3 Å². The minimum absolute atomic E-state index is 0.0216. The Labute approximate surface area is 204 Å². The summed E-state index contributed by atoms with van der Waals surface area (Å²) >= 11 is 5.96. The smallest absolute Gasteiger partial charge is 0.249 e. The molecule has 0 spiro atoms. The van der Waals surface area contributed by atoms with Crippen LogP contribution in [0.3, 0.4) is 0 Å². The number of tetrazole rings is 1. The number of hydrogen-bond acceptors (Lipinski definition) is 7. The average Bonchev–Trinajstić information content (AvgIpc) is 3.35. The average molecular weight is 485 g/mol. The van der Waals surface area contributed by atoms with Crippen molar-refractivity contribution in [2.45, 2.75) is 25.9 Å². The molecule has 34 heavy (non-hydrogen) atoms. The zero-order valence-corrected chi connectivity index (χ0v) is 20.4. The van der Waals surface area contributed by atoms with Crippen molar-refractivity contribution < 1.29 is 14.3 Å². The van der Waals surface area contributed by atoms with Gasteiger partial charge in [-0.1, -0.05) is 24.6 Å². The number of carbonyl (C=O) groups excluding carboxylic acids is 1. The quantitative estimate of drug-likeness (QED) is 0.485. The third-order valence-corrected chi connectivity index (χ3v) is 6.27. The maximum atomic E-state index is 13.3. The fourth-order valence-electron chi connectivity index (χ4n) is 4.08. The lowest BCUT2D eigenvalue weighted by Gasteiger charge is -2.36. The topological polar surface area (TPSA) is 85.6 Å². The molecule has 1 unspecified atom stereocenters. The molecule has 1 aromatic heterocycles. The molecule has 1 aliphatic heterocycles. The lowest BCUT2D eigenvalue weighted by molar-refractivity contribution is -0.137. The van der Waals surface area contributed by atoms with E-state index in [4.69, 9.17) is 21.1 Å². The van der Waals surface area contributed by atoms with Crippen LogP contribution in [0.5, 0.6) is 11.5 Å². The Morgan fingerprint density at radius 2 is 1.74 bits per heavy atom. The summed E-state index contributed by atoms with van der Waals surface area (Å²) in [5.41, 5.74) is 1.95. The Balaban J connectivity index is 1.36. The summed E-state index contributed by atoms with van der Waals surface area (Å²) in [5, 5.41) is 13.4. The summed E-state index contributed by atoms with van der Waals surface area (Å²) in [6.07, 6.45) is 0.584. The van der Waals surface area contributed by atoms with Gasteiger partial charge < -0.3 is 14.4 Å². The van der Waals surface area contributed by atoms with Gasteiger partial charge in [-0.25, -0.2) is 0 Å². The van der Waals surface area contributed by atoms with E-state index in [1.165, 1.54) is 4.80 Å². The second kappa shape index (κ2) is 10.8. The molecule has 0 bridgehead atoms. The molecule has 1 saturated heterocycles. The van der Waals surface area contributed by atoms with Crippen LogP contribution in [0.15, 0.2) is 42.5 Å². The first-order chi connectivity index (χ1) is 16.5. The Bertz CT molecular complexity index is 1110. The van der Waals surface area contributed by atoms with Gasteiger partial charge in [0.25, 0.3) is 0 Å². The van der Waals surface area contributed by atoms with Gasteiger partial charge in [-0.2, -0.15) is 4.80 Å². The minimum Gasteiger partial charge on any atom is -0.493 e. The molecular weight excluding hydrogens is 456 g/mol. The van der Waals surface area contributed by atoms with Crippen LogP contribution in [0, 0.1) is 0 Å². The van der Waals surface area contributed by atoms with Gasteiger partial charge in [-0.15, -0.1) is 10.2 Å². The van der Waals surface area contributed by atoms with Crippen LogP contribution in [0.4, 0.5) is 0 Å². The molecule has 1 fully saturated rings. The molecule has 1 aliphatic rings. The van der Waals surface area contributed by atoms with Gasteiger partial charge in [-0.3, -0.25) is 9.69 Å². The highest BCUT2D eigenvalue weighted by Gasteiger charge is 2.29. The van der Waals surface area contributed by atoms with Crippen molar-refractivity contribution in [1.29, 1.82) is 0 Å². The lowest BCUT2D eigenvalue weighted by Crippen LogP contribution is -2.50. The maximum absolute atomic E-state index is 13.3. The van der Waals surface area contributed by atoms with Gasteiger partial charge in [0.1, 0.15) is 0 Å². The van der Waals surface area contributed by atoms with Gasteiger partial charge in [0.15, 0.2) is 17.5 Å². The molecule has 1 amide bonds. The number of ether oxygens (including phenoxy) is 2.